The van der Waals surface area contributed by atoms with Gasteiger partial charge in [-0.3, -0.25) is 14.3 Å². The number of Topliss-reactive ketones (excluding diaryl/α,β-unsaturated/α-hetero) is 1. The molecule has 3 fully saturated rings. The standard InChI is InChI=1S/C23H21ClF3N3O6/c24-10-1-2-16-12(5-10)15(31)8-19(33-16)20(32)28-14-7-17-13(6-18(14)34-17)22-30-29-21(35-22)9-3-11(4-9)36-23(25,26)27/h1-2,5,9,11,13-14,17-19H,3-4,6-8H2,(H,28,32)/t9?,11?,13-,14-,17+,18+,19-/m0/s1. The van der Waals surface area contributed by atoms with E-state index in [1.807, 2.05) is 0 Å². The Kier molecular flexibility index (Phi) is 5.73. The molecule has 1 N–H and O–H groups in total. The summed E-state index contributed by atoms with van der Waals surface area (Å²) in [5.74, 6) is 0.00933. The van der Waals surface area contributed by atoms with Crippen LogP contribution in [0.2, 0.25) is 5.02 Å². The zero-order valence-electron chi connectivity index (χ0n) is 18.7. The zero-order valence-corrected chi connectivity index (χ0v) is 19.4. The molecule has 1 saturated carbocycles. The highest BCUT2D eigenvalue weighted by Crippen LogP contribution is 2.46. The highest BCUT2D eigenvalue weighted by molar-refractivity contribution is 6.31. The monoisotopic (exact) mass is 527 g/mol. The summed E-state index contributed by atoms with van der Waals surface area (Å²) < 4.78 is 58.5. The lowest BCUT2D eigenvalue weighted by Crippen LogP contribution is -2.49. The van der Waals surface area contributed by atoms with E-state index in [9.17, 15) is 22.8 Å². The van der Waals surface area contributed by atoms with Crippen molar-refractivity contribution in [2.45, 2.75) is 80.8 Å². The van der Waals surface area contributed by atoms with E-state index < -0.39 is 18.6 Å². The smallest absolute Gasteiger partial charge is 0.479 e. The quantitative estimate of drug-likeness (QED) is 0.627. The number of ether oxygens (including phenoxy) is 3. The number of carbonyl (C=O) groups excluding carboxylic acids is 2. The van der Waals surface area contributed by atoms with Gasteiger partial charge in [-0.05, 0) is 43.9 Å². The van der Waals surface area contributed by atoms with E-state index in [-0.39, 0.29) is 61.0 Å². The molecule has 1 amide bonds. The van der Waals surface area contributed by atoms with Gasteiger partial charge in [0, 0.05) is 10.9 Å². The molecule has 2 aromatic rings. The van der Waals surface area contributed by atoms with Crippen molar-refractivity contribution in [1.29, 1.82) is 0 Å². The number of hydrogen-bond acceptors (Lipinski definition) is 8. The van der Waals surface area contributed by atoms with Gasteiger partial charge in [-0.25, -0.2) is 0 Å². The maximum Gasteiger partial charge on any atom is 0.522 e. The Morgan fingerprint density at radius 2 is 1.89 bits per heavy atom. The predicted molar refractivity (Wildman–Crippen MR) is 115 cm³/mol. The molecule has 0 spiro atoms. The summed E-state index contributed by atoms with van der Waals surface area (Å²) in [5, 5.41) is 11.5. The molecule has 0 unspecified atom stereocenters. The van der Waals surface area contributed by atoms with Gasteiger partial charge in [0.15, 0.2) is 11.9 Å². The Morgan fingerprint density at radius 3 is 2.61 bits per heavy atom. The number of rotatable bonds is 5. The lowest BCUT2D eigenvalue weighted by Gasteiger charge is -2.32. The lowest BCUT2D eigenvalue weighted by atomic mass is 9.82. The molecule has 1 aromatic heterocycles. The number of nitrogens with one attached hydrogen (secondary N) is 1. The minimum absolute atomic E-state index is 0.0791. The van der Waals surface area contributed by atoms with Crippen molar-refractivity contribution in [2.24, 2.45) is 0 Å². The van der Waals surface area contributed by atoms with Crippen molar-refractivity contribution in [3.05, 3.63) is 40.6 Å². The molecule has 9 nitrogen and oxygen atoms in total. The Morgan fingerprint density at radius 1 is 1.11 bits per heavy atom. The molecule has 4 aliphatic rings. The Bertz CT molecular complexity index is 1200. The SMILES string of the molecule is O=C1C[C@@H](C(=O)N[C@H]2C[C@H]3O[C@@H]2C[C@@H]3c2nnc(C3CC(OC(F)(F)F)C3)o2)Oc2ccc(Cl)cc21. The molecular formula is C23H21ClF3N3O6. The van der Waals surface area contributed by atoms with E-state index in [4.69, 9.17) is 25.5 Å². The van der Waals surface area contributed by atoms with Crippen LogP contribution in [0.3, 0.4) is 0 Å². The number of ketones is 1. The van der Waals surface area contributed by atoms with Crippen LogP contribution in [-0.4, -0.2) is 58.7 Å². The summed E-state index contributed by atoms with van der Waals surface area (Å²) in [6.45, 7) is 0. The second-order valence-electron chi connectivity index (χ2n) is 9.61. The largest absolute Gasteiger partial charge is 0.522 e. The van der Waals surface area contributed by atoms with Crippen molar-refractivity contribution in [3.63, 3.8) is 0 Å². The fourth-order valence-electron chi connectivity index (χ4n) is 5.40. The number of fused-ring (bicyclic) bond motifs is 3. The number of benzene rings is 1. The molecule has 13 heteroatoms. The number of amides is 1. The van der Waals surface area contributed by atoms with Crippen molar-refractivity contribution in [1.82, 2.24) is 15.5 Å². The molecule has 2 bridgehead atoms. The molecule has 0 radical (unpaired) electrons. The van der Waals surface area contributed by atoms with Gasteiger partial charge in [0.2, 0.25) is 11.8 Å². The van der Waals surface area contributed by atoms with Crippen LogP contribution in [-0.2, 0) is 14.3 Å². The van der Waals surface area contributed by atoms with Crippen LogP contribution in [0.5, 0.6) is 5.75 Å². The predicted octanol–water partition coefficient (Wildman–Crippen LogP) is 3.67. The summed E-state index contributed by atoms with van der Waals surface area (Å²) in [7, 11) is 0. The number of halogens is 4. The first-order valence-corrected chi connectivity index (χ1v) is 12.0. The molecule has 192 valence electrons. The van der Waals surface area contributed by atoms with Gasteiger partial charge >= 0.3 is 6.36 Å². The topological polar surface area (TPSA) is 113 Å². The van der Waals surface area contributed by atoms with Crippen LogP contribution in [0, 0.1) is 0 Å². The normalized spacial score (nSPS) is 33.1. The van der Waals surface area contributed by atoms with E-state index >= 15 is 0 Å². The molecule has 1 aromatic carbocycles. The molecule has 5 atom stereocenters. The van der Waals surface area contributed by atoms with Gasteiger partial charge in [0.25, 0.3) is 5.91 Å². The van der Waals surface area contributed by atoms with E-state index in [0.29, 0.717) is 41.0 Å². The number of aromatic nitrogens is 2. The number of carbonyl (C=O) groups is 2. The molecule has 1 aliphatic carbocycles. The molecule has 3 aliphatic heterocycles. The maximum atomic E-state index is 12.8. The van der Waals surface area contributed by atoms with E-state index in [1.165, 1.54) is 6.07 Å². The summed E-state index contributed by atoms with van der Waals surface area (Å²) in [6.07, 6.45) is -5.65. The Labute approximate surface area is 207 Å². The van der Waals surface area contributed by atoms with Gasteiger partial charge in [-0.15, -0.1) is 23.4 Å². The van der Waals surface area contributed by atoms with Gasteiger partial charge in [-0.1, -0.05) is 11.6 Å². The average Bonchev–Trinajstić information content (AvgIpc) is 3.51. The second-order valence-corrected chi connectivity index (χ2v) is 10.0. The first-order valence-electron chi connectivity index (χ1n) is 11.7. The van der Waals surface area contributed by atoms with Crippen LogP contribution < -0.4 is 10.1 Å². The van der Waals surface area contributed by atoms with Crippen molar-refractivity contribution in [2.75, 3.05) is 0 Å². The lowest BCUT2D eigenvalue weighted by molar-refractivity contribution is -0.352. The minimum Gasteiger partial charge on any atom is -0.479 e. The first-order chi connectivity index (χ1) is 17.1. The maximum absolute atomic E-state index is 12.8. The minimum atomic E-state index is -4.65. The fraction of sp³-hybridized carbons (Fsp3) is 0.565. The van der Waals surface area contributed by atoms with Gasteiger partial charge in [0.1, 0.15) is 5.75 Å². The molecule has 6 rings (SSSR count). The van der Waals surface area contributed by atoms with Crippen molar-refractivity contribution in [3.8, 4) is 5.75 Å². The second kappa shape index (κ2) is 8.70. The fourth-order valence-corrected chi connectivity index (χ4v) is 5.57. The molecule has 4 heterocycles. The van der Waals surface area contributed by atoms with Crippen molar-refractivity contribution >= 4 is 23.3 Å². The summed E-state index contributed by atoms with van der Waals surface area (Å²) in [5.41, 5.74) is 0.363. The zero-order chi connectivity index (χ0) is 25.2. The molecule has 36 heavy (non-hydrogen) atoms. The average molecular weight is 528 g/mol. The summed E-state index contributed by atoms with van der Waals surface area (Å²) in [6, 6.07) is 4.45. The number of alkyl halides is 3. The number of hydrogen-bond donors (Lipinski definition) is 1. The van der Waals surface area contributed by atoms with E-state index in [0.717, 1.165) is 0 Å². The highest BCUT2D eigenvalue weighted by atomic mass is 35.5. The van der Waals surface area contributed by atoms with E-state index in [2.05, 4.69) is 20.3 Å². The molecular weight excluding hydrogens is 507 g/mol. The third-order valence-electron chi connectivity index (χ3n) is 7.24. The van der Waals surface area contributed by atoms with Crippen molar-refractivity contribution < 1.29 is 41.4 Å². The van der Waals surface area contributed by atoms with Crippen LogP contribution >= 0.6 is 11.6 Å². The van der Waals surface area contributed by atoms with Crippen LogP contribution in [0.25, 0.3) is 0 Å². The van der Waals surface area contributed by atoms with Crippen LogP contribution in [0.4, 0.5) is 13.2 Å². The first kappa shape index (κ1) is 23.7. The van der Waals surface area contributed by atoms with Gasteiger partial charge in [0.05, 0.1) is 42.3 Å². The third-order valence-corrected chi connectivity index (χ3v) is 7.47. The van der Waals surface area contributed by atoms with Gasteiger partial charge < -0.3 is 19.2 Å². The van der Waals surface area contributed by atoms with Crippen LogP contribution in [0.1, 0.15) is 66.1 Å². The highest BCUT2D eigenvalue weighted by Gasteiger charge is 2.51. The third kappa shape index (κ3) is 4.46. The summed E-state index contributed by atoms with van der Waals surface area (Å²) >= 11 is 5.94. The van der Waals surface area contributed by atoms with Crippen LogP contribution in [0.15, 0.2) is 22.6 Å². The Hall–Kier alpha value is -2.70. The van der Waals surface area contributed by atoms with Gasteiger partial charge in [-0.2, -0.15) is 0 Å². The summed E-state index contributed by atoms with van der Waals surface area (Å²) in [4.78, 5) is 25.3. The number of nitrogens with zero attached hydrogens (tertiary/aromatic N) is 2. The Balaban J connectivity index is 1.02. The molecule has 2 saturated heterocycles. The van der Waals surface area contributed by atoms with E-state index in [1.54, 1.807) is 12.1 Å².